The predicted molar refractivity (Wildman–Crippen MR) is 98.8 cm³/mol. The maximum absolute atomic E-state index is 12.9. The minimum atomic E-state index is -3.79. The van der Waals surface area contributed by atoms with Crippen molar-refractivity contribution in [3.63, 3.8) is 0 Å². The molecule has 25 heavy (non-hydrogen) atoms. The molecule has 0 fully saturated rings. The van der Waals surface area contributed by atoms with Gasteiger partial charge in [-0.15, -0.1) is 0 Å². The van der Waals surface area contributed by atoms with Crippen molar-refractivity contribution >= 4 is 27.3 Å². The van der Waals surface area contributed by atoms with Crippen molar-refractivity contribution < 1.29 is 17.9 Å². The van der Waals surface area contributed by atoms with Crippen LogP contribution in [0.15, 0.2) is 35.2 Å². The fourth-order valence-corrected chi connectivity index (χ4v) is 4.30. The average Bonchev–Trinajstić information content (AvgIpc) is 2.49. The van der Waals surface area contributed by atoms with E-state index in [-0.39, 0.29) is 10.8 Å². The number of nitrogens with one attached hydrogen (secondary N) is 2. The molecule has 0 aliphatic rings. The summed E-state index contributed by atoms with van der Waals surface area (Å²) < 4.78 is 33.6. The summed E-state index contributed by atoms with van der Waals surface area (Å²) in [5.41, 5.74) is 2.92. The quantitative estimate of drug-likeness (QED) is 0.854. The first kappa shape index (κ1) is 18.8. The van der Waals surface area contributed by atoms with Gasteiger partial charge in [0, 0.05) is 12.6 Å². The Morgan fingerprint density at radius 3 is 2.28 bits per heavy atom. The van der Waals surface area contributed by atoms with E-state index in [0.717, 1.165) is 5.56 Å². The van der Waals surface area contributed by atoms with Gasteiger partial charge in [-0.3, -0.25) is 9.52 Å². The van der Waals surface area contributed by atoms with E-state index in [9.17, 15) is 13.2 Å². The van der Waals surface area contributed by atoms with Gasteiger partial charge in [-0.05, 0) is 61.7 Å². The van der Waals surface area contributed by atoms with E-state index in [1.165, 1.54) is 6.92 Å². The average molecular weight is 362 g/mol. The Hall–Kier alpha value is -2.54. The van der Waals surface area contributed by atoms with Crippen LogP contribution in [0.25, 0.3) is 0 Å². The Balaban J connectivity index is 2.44. The summed E-state index contributed by atoms with van der Waals surface area (Å²) in [7, 11) is -2.23. The summed E-state index contributed by atoms with van der Waals surface area (Å²) in [6, 6.07) is 8.27. The van der Waals surface area contributed by atoms with Crippen molar-refractivity contribution in [2.45, 2.75) is 32.6 Å². The van der Waals surface area contributed by atoms with Crippen LogP contribution in [0, 0.1) is 20.8 Å². The van der Waals surface area contributed by atoms with Crippen LogP contribution < -0.4 is 14.8 Å². The number of hydrogen-bond acceptors (Lipinski definition) is 4. The number of carbonyl (C=O) groups is 1. The summed E-state index contributed by atoms with van der Waals surface area (Å²) >= 11 is 0. The number of ether oxygens (including phenoxy) is 1. The normalized spacial score (nSPS) is 11.1. The van der Waals surface area contributed by atoms with Gasteiger partial charge in [-0.1, -0.05) is 6.07 Å². The van der Waals surface area contributed by atoms with Gasteiger partial charge in [-0.2, -0.15) is 0 Å². The van der Waals surface area contributed by atoms with Gasteiger partial charge in [0.2, 0.25) is 5.91 Å². The molecule has 2 aromatic carbocycles. The first-order chi connectivity index (χ1) is 11.7. The molecule has 2 rings (SSSR count). The van der Waals surface area contributed by atoms with E-state index in [4.69, 9.17) is 4.74 Å². The predicted octanol–water partition coefficient (Wildman–Crippen LogP) is 3.38. The molecule has 0 atom stereocenters. The fraction of sp³-hybridized carbons (Fsp3) is 0.278. The van der Waals surface area contributed by atoms with Crippen LogP contribution in [-0.2, 0) is 14.8 Å². The molecule has 0 unspecified atom stereocenters. The lowest BCUT2D eigenvalue weighted by Gasteiger charge is -2.17. The second kappa shape index (κ2) is 7.14. The highest BCUT2D eigenvalue weighted by Gasteiger charge is 2.23. The van der Waals surface area contributed by atoms with Crippen LogP contribution in [0.3, 0.4) is 0 Å². The standard InChI is InChI=1S/C18H22N2O4S/c1-11-9-17(24-5)12(2)13(3)18(11)25(22,23)20-16-8-6-7-15(10-16)19-14(4)21/h6-10,20H,1-5H3,(H,19,21). The highest BCUT2D eigenvalue weighted by molar-refractivity contribution is 7.92. The Kier molecular flexibility index (Phi) is 5.37. The molecule has 1 amide bonds. The van der Waals surface area contributed by atoms with Crippen LogP contribution in [0.4, 0.5) is 11.4 Å². The fourth-order valence-electron chi connectivity index (χ4n) is 2.72. The maximum atomic E-state index is 12.9. The van der Waals surface area contributed by atoms with E-state index < -0.39 is 10.0 Å². The minimum absolute atomic E-state index is 0.225. The van der Waals surface area contributed by atoms with Crippen LogP contribution in [-0.4, -0.2) is 21.4 Å². The van der Waals surface area contributed by atoms with E-state index >= 15 is 0 Å². The highest BCUT2D eigenvalue weighted by Crippen LogP contribution is 2.31. The smallest absolute Gasteiger partial charge is 0.262 e. The molecule has 0 aliphatic heterocycles. The van der Waals surface area contributed by atoms with Crippen molar-refractivity contribution in [2.75, 3.05) is 17.1 Å². The molecule has 6 nitrogen and oxygen atoms in total. The lowest BCUT2D eigenvalue weighted by molar-refractivity contribution is -0.114. The number of aryl methyl sites for hydroxylation is 1. The Labute approximate surface area is 148 Å². The van der Waals surface area contributed by atoms with Crippen molar-refractivity contribution in [1.82, 2.24) is 0 Å². The zero-order valence-corrected chi connectivity index (χ0v) is 15.7. The molecular weight excluding hydrogens is 340 g/mol. The van der Waals surface area contributed by atoms with Crippen LogP contribution >= 0.6 is 0 Å². The van der Waals surface area contributed by atoms with Crippen molar-refractivity contribution in [3.8, 4) is 5.75 Å². The number of amides is 1. The number of methoxy groups -OCH3 is 1. The number of rotatable bonds is 5. The van der Waals surface area contributed by atoms with Crippen LogP contribution in [0.5, 0.6) is 5.75 Å². The summed E-state index contributed by atoms with van der Waals surface area (Å²) in [5, 5.41) is 2.63. The Morgan fingerprint density at radius 2 is 1.68 bits per heavy atom. The maximum Gasteiger partial charge on any atom is 0.262 e. The van der Waals surface area contributed by atoms with Crippen molar-refractivity contribution in [3.05, 3.63) is 47.0 Å². The second-order valence-electron chi connectivity index (χ2n) is 5.84. The zero-order chi connectivity index (χ0) is 18.8. The van der Waals surface area contributed by atoms with Crippen molar-refractivity contribution in [2.24, 2.45) is 0 Å². The SMILES string of the molecule is COc1cc(C)c(S(=O)(=O)Nc2cccc(NC(C)=O)c2)c(C)c1C. The third-order valence-corrected chi connectivity index (χ3v) is 5.57. The van der Waals surface area contributed by atoms with E-state index in [0.29, 0.717) is 28.3 Å². The first-order valence-electron chi connectivity index (χ1n) is 7.71. The minimum Gasteiger partial charge on any atom is -0.496 e. The van der Waals surface area contributed by atoms with E-state index in [1.54, 1.807) is 51.3 Å². The highest BCUT2D eigenvalue weighted by atomic mass is 32.2. The molecular formula is C18H22N2O4S. The molecule has 0 bridgehead atoms. The number of sulfonamides is 1. The molecule has 0 radical (unpaired) electrons. The molecule has 134 valence electrons. The molecule has 0 saturated heterocycles. The van der Waals surface area contributed by atoms with Gasteiger partial charge < -0.3 is 10.1 Å². The lowest BCUT2D eigenvalue weighted by atomic mass is 10.1. The summed E-state index contributed by atoms with van der Waals surface area (Å²) in [6.45, 7) is 6.71. The largest absolute Gasteiger partial charge is 0.496 e. The van der Waals surface area contributed by atoms with Crippen LogP contribution in [0.2, 0.25) is 0 Å². The third-order valence-electron chi connectivity index (χ3n) is 3.90. The second-order valence-corrected chi connectivity index (χ2v) is 7.46. The first-order valence-corrected chi connectivity index (χ1v) is 9.19. The van der Waals surface area contributed by atoms with Gasteiger partial charge in [0.1, 0.15) is 5.75 Å². The molecule has 0 aliphatic carbocycles. The summed E-state index contributed by atoms with van der Waals surface area (Å²) in [6.07, 6.45) is 0. The number of carbonyl (C=O) groups excluding carboxylic acids is 1. The molecule has 0 spiro atoms. The van der Waals surface area contributed by atoms with Gasteiger partial charge in [0.25, 0.3) is 10.0 Å². The number of hydrogen-bond donors (Lipinski definition) is 2. The van der Waals surface area contributed by atoms with Gasteiger partial charge in [0.15, 0.2) is 0 Å². The van der Waals surface area contributed by atoms with Crippen LogP contribution in [0.1, 0.15) is 23.6 Å². The Morgan fingerprint density at radius 1 is 1.04 bits per heavy atom. The summed E-state index contributed by atoms with van der Waals surface area (Å²) in [5.74, 6) is 0.430. The van der Waals surface area contributed by atoms with Gasteiger partial charge >= 0.3 is 0 Å². The molecule has 0 saturated carbocycles. The molecule has 7 heteroatoms. The number of benzene rings is 2. The molecule has 0 aromatic heterocycles. The van der Waals surface area contributed by atoms with Gasteiger partial charge in [-0.25, -0.2) is 8.42 Å². The number of anilines is 2. The van der Waals surface area contributed by atoms with E-state index in [1.807, 2.05) is 6.92 Å². The summed E-state index contributed by atoms with van der Waals surface area (Å²) in [4.78, 5) is 11.4. The molecule has 2 N–H and O–H groups in total. The van der Waals surface area contributed by atoms with Gasteiger partial charge in [0.05, 0.1) is 17.7 Å². The van der Waals surface area contributed by atoms with Crippen molar-refractivity contribution in [1.29, 1.82) is 0 Å². The monoisotopic (exact) mass is 362 g/mol. The zero-order valence-electron chi connectivity index (χ0n) is 14.9. The molecule has 2 aromatic rings. The topological polar surface area (TPSA) is 84.5 Å². The Bertz CT molecular complexity index is 921. The molecule has 0 heterocycles. The van der Waals surface area contributed by atoms with E-state index in [2.05, 4.69) is 10.0 Å². The lowest BCUT2D eigenvalue weighted by Crippen LogP contribution is -2.17. The third kappa shape index (κ3) is 4.11.